The lowest BCUT2D eigenvalue weighted by molar-refractivity contribution is -0.139. The van der Waals surface area contributed by atoms with Crippen LogP contribution in [0.15, 0.2) is 54.7 Å². The predicted octanol–water partition coefficient (Wildman–Crippen LogP) is 5.00. The number of rotatable bonds is 9. The van der Waals surface area contributed by atoms with Gasteiger partial charge in [0.2, 0.25) is 0 Å². The van der Waals surface area contributed by atoms with E-state index in [1.54, 1.807) is 6.20 Å². The van der Waals surface area contributed by atoms with Crippen LogP contribution in [0.5, 0.6) is 0 Å². The van der Waals surface area contributed by atoms with Crippen molar-refractivity contribution in [1.29, 1.82) is 0 Å². The molecule has 1 aliphatic heterocycles. The Morgan fingerprint density at radius 3 is 2.49 bits per heavy atom. The lowest BCUT2D eigenvalue weighted by Gasteiger charge is -2.26. The number of carbonyl (C=O) groups excluding carboxylic acids is 2. The maximum Gasteiger partial charge on any atom is 0.471 e. The standard InChI is InChI=1S/C30H31N4O6P/c1-4-33(16-30(3)12-13-30)23-14-19-9-5-6-10-20(19)27(32-23)25-24(22-15-31-26-18(2)8-7-11-21(22)26)28(35)34(29(25)36)17-40-41(37,38)39/h5-11,14-15,31H,4,12-13,16-17H2,1-3H3,(H2,37,38,39). The summed E-state index contributed by atoms with van der Waals surface area (Å²) in [5.74, 6) is -0.747. The van der Waals surface area contributed by atoms with Crippen LogP contribution in [0, 0.1) is 12.3 Å². The number of anilines is 1. The van der Waals surface area contributed by atoms with E-state index in [1.807, 2.05) is 55.5 Å². The number of phosphoric acid groups is 1. The van der Waals surface area contributed by atoms with Crippen LogP contribution in [-0.4, -0.2) is 56.3 Å². The smallest absolute Gasteiger partial charge is 0.360 e. The van der Waals surface area contributed by atoms with Crippen molar-refractivity contribution in [2.45, 2.75) is 33.6 Å². The van der Waals surface area contributed by atoms with Gasteiger partial charge in [0.05, 0.1) is 16.8 Å². The second-order valence-corrected chi connectivity index (χ2v) is 12.4. The largest absolute Gasteiger partial charge is 0.471 e. The van der Waals surface area contributed by atoms with Crippen LogP contribution in [0.2, 0.25) is 0 Å². The van der Waals surface area contributed by atoms with E-state index in [4.69, 9.17) is 4.98 Å². The summed E-state index contributed by atoms with van der Waals surface area (Å²) >= 11 is 0. The highest BCUT2D eigenvalue weighted by Gasteiger charge is 2.43. The molecule has 3 N–H and O–H groups in total. The monoisotopic (exact) mass is 574 g/mol. The van der Waals surface area contributed by atoms with Crippen molar-refractivity contribution < 1.29 is 28.5 Å². The summed E-state index contributed by atoms with van der Waals surface area (Å²) in [4.78, 5) is 57.7. The van der Waals surface area contributed by atoms with Crippen LogP contribution in [0.3, 0.4) is 0 Å². The Morgan fingerprint density at radius 2 is 1.78 bits per heavy atom. The second kappa shape index (κ2) is 9.92. The molecular weight excluding hydrogens is 543 g/mol. The number of benzene rings is 2. The first-order valence-electron chi connectivity index (χ1n) is 13.5. The van der Waals surface area contributed by atoms with Gasteiger partial charge < -0.3 is 19.7 Å². The third-order valence-corrected chi connectivity index (χ3v) is 8.51. The number of hydrogen-bond acceptors (Lipinski definition) is 6. The van der Waals surface area contributed by atoms with Gasteiger partial charge in [-0.1, -0.05) is 49.4 Å². The number of H-pyrrole nitrogens is 1. The number of pyridine rings is 1. The zero-order valence-electron chi connectivity index (χ0n) is 23.0. The average molecular weight is 575 g/mol. The van der Waals surface area contributed by atoms with Gasteiger partial charge in [0, 0.05) is 41.1 Å². The number of fused-ring (bicyclic) bond motifs is 2. The second-order valence-electron chi connectivity index (χ2n) is 11.1. The van der Waals surface area contributed by atoms with Crippen LogP contribution in [-0.2, 0) is 18.7 Å². The first-order valence-corrected chi connectivity index (χ1v) is 15.1. The van der Waals surface area contributed by atoms with Crippen molar-refractivity contribution in [3.8, 4) is 0 Å². The molecule has 1 saturated carbocycles. The molecule has 1 aliphatic carbocycles. The van der Waals surface area contributed by atoms with Crippen LogP contribution < -0.4 is 4.90 Å². The topological polar surface area (TPSA) is 136 Å². The first kappa shape index (κ1) is 27.4. The van der Waals surface area contributed by atoms with Gasteiger partial charge in [0.1, 0.15) is 12.5 Å². The molecule has 1 fully saturated rings. The van der Waals surface area contributed by atoms with Gasteiger partial charge in [-0.15, -0.1) is 0 Å². The number of hydrogen-bond donors (Lipinski definition) is 3. The summed E-state index contributed by atoms with van der Waals surface area (Å²) in [6, 6.07) is 15.2. The van der Waals surface area contributed by atoms with Crippen molar-refractivity contribution in [2.24, 2.45) is 5.41 Å². The summed E-state index contributed by atoms with van der Waals surface area (Å²) in [6.07, 6.45) is 3.96. The summed E-state index contributed by atoms with van der Waals surface area (Å²) in [5, 5.41) is 2.29. The Bertz CT molecular complexity index is 1800. The minimum absolute atomic E-state index is 0.0680. The summed E-state index contributed by atoms with van der Waals surface area (Å²) in [7, 11) is -4.96. The quantitative estimate of drug-likeness (QED) is 0.188. The fraction of sp³-hybridized carbons (Fsp3) is 0.300. The Kier molecular flexibility index (Phi) is 6.62. The fourth-order valence-electron chi connectivity index (χ4n) is 5.53. The molecule has 0 spiro atoms. The molecule has 2 aliphatic rings. The van der Waals surface area contributed by atoms with Crippen LogP contribution in [0.25, 0.3) is 32.8 Å². The molecule has 0 bridgehead atoms. The molecule has 0 unspecified atom stereocenters. The molecule has 2 aromatic carbocycles. The minimum atomic E-state index is -4.96. The molecule has 6 rings (SSSR count). The molecule has 0 saturated heterocycles. The van der Waals surface area contributed by atoms with Crippen molar-refractivity contribution >= 4 is 58.3 Å². The summed E-state index contributed by atoms with van der Waals surface area (Å²) < 4.78 is 16.1. The Morgan fingerprint density at radius 1 is 1.07 bits per heavy atom. The highest BCUT2D eigenvalue weighted by atomic mass is 31.2. The zero-order valence-corrected chi connectivity index (χ0v) is 23.9. The van der Waals surface area contributed by atoms with Crippen molar-refractivity contribution in [2.75, 3.05) is 24.7 Å². The molecule has 11 heteroatoms. The number of aryl methyl sites for hydroxylation is 1. The van der Waals surface area contributed by atoms with E-state index in [0.29, 0.717) is 29.0 Å². The maximum atomic E-state index is 14.0. The summed E-state index contributed by atoms with van der Waals surface area (Å²) in [5.41, 5.74) is 3.02. The molecular formula is C30H31N4O6P. The van der Waals surface area contributed by atoms with Crippen molar-refractivity contribution in [3.63, 3.8) is 0 Å². The van der Waals surface area contributed by atoms with E-state index in [0.717, 1.165) is 46.1 Å². The highest BCUT2D eigenvalue weighted by molar-refractivity contribution is 7.46. The fourth-order valence-corrected chi connectivity index (χ4v) is 5.80. The Hall–Kier alpha value is -3.82. The van der Waals surface area contributed by atoms with Gasteiger partial charge in [-0.25, -0.2) is 14.4 Å². The van der Waals surface area contributed by atoms with E-state index < -0.39 is 26.4 Å². The molecule has 10 nitrogen and oxygen atoms in total. The van der Waals surface area contributed by atoms with E-state index in [-0.39, 0.29) is 16.6 Å². The van der Waals surface area contributed by atoms with Crippen molar-refractivity contribution in [1.82, 2.24) is 14.9 Å². The van der Waals surface area contributed by atoms with E-state index >= 15 is 0 Å². The molecule has 0 radical (unpaired) electrons. The number of aromatic amines is 1. The highest BCUT2D eigenvalue weighted by Crippen LogP contribution is 2.47. The Balaban J connectivity index is 1.59. The van der Waals surface area contributed by atoms with E-state index in [1.165, 1.54) is 0 Å². The van der Waals surface area contributed by atoms with E-state index in [2.05, 4.69) is 28.3 Å². The minimum Gasteiger partial charge on any atom is -0.360 e. The third-order valence-electron chi connectivity index (χ3n) is 8.06. The van der Waals surface area contributed by atoms with Crippen LogP contribution in [0.1, 0.15) is 43.5 Å². The van der Waals surface area contributed by atoms with Gasteiger partial charge in [0.15, 0.2) is 0 Å². The number of imide groups is 1. The Labute approximate surface area is 236 Å². The zero-order chi connectivity index (χ0) is 29.1. The van der Waals surface area contributed by atoms with Crippen LogP contribution >= 0.6 is 7.82 Å². The summed E-state index contributed by atoms with van der Waals surface area (Å²) in [6.45, 7) is 6.88. The predicted molar refractivity (Wildman–Crippen MR) is 157 cm³/mol. The number of para-hydroxylation sites is 1. The molecule has 2 amide bonds. The third kappa shape index (κ3) is 4.97. The van der Waals surface area contributed by atoms with Gasteiger partial charge in [-0.2, -0.15) is 0 Å². The van der Waals surface area contributed by atoms with Gasteiger partial charge in [-0.3, -0.25) is 14.1 Å². The van der Waals surface area contributed by atoms with Crippen LogP contribution in [0.4, 0.5) is 5.82 Å². The molecule has 4 aromatic rings. The lowest BCUT2D eigenvalue weighted by atomic mass is 9.95. The van der Waals surface area contributed by atoms with Gasteiger partial charge >= 0.3 is 7.82 Å². The van der Waals surface area contributed by atoms with Crippen molar-refractivity contribution in [3.05, 3.63) is 71.5 Å². The number of carbonyl (C=O) groups is 2. The molecule has 0 atom stereocenters. The number of phosphoric ester groups is 1. The maximum absolute atomic E-state index is 14.0. The molecule has 212 valence electrons. The molecule has 2 aromatic heterocycles. The molecule has 3 heterocycles. The van der Waals surface area contributed by atoms with Gasteiger partial charge in [-0.05, 0) is 49.1 Å². The normalized spacial score (nSPS) is 16.9. The van der Waals surface area contributed by atoms with Gasteiger partial charge in [0.25, 0.3) is 11.8 Å². The molecule has 41 heavy (non-hydrogen) atoms. The van der Waals surface area contributed by atoms with E-state index in [9.17, 15) is 23.9 Å². The first-order chi connectivity index (χ1) is 19.5. The number of nitrogens with zero attached hydrogens (tertiary/aromatic N) is 3. The SMILES string of the molecule is CCN(CC1(C)CC1)c1cc2ccccc2c(C2=C(c3c[nH]c4c(C)cccc34)C(=O)N(COP(=O)(O)O)C2=O)n1. The lowest BCUT2D eigenvalue weighted by Crippen LogP contribution is -2.33. The number of aromatic nitrogens is 2. The number of amides is 2. The average Bonchev–Trinajstić information content (AvgIpc) is 3.41. The number of nitrogens with one attached hydrogen (secondary N) is 1.